The molecule has 0 saturated heterocycles. The van der Waals surface area contributed by atoms with Gasteiger partial charge in [-0.3, -0.25) is 9.59 Å². The first-order valence-corrected chi connectivity index (χ1v) is 11.5. The lowest BCUT2D eigenvalue weighted by molar-refractivity contribution is -0.143. The third-order valence-corrected chi connectivity index (χ3v) is 6.55. The Balaban J connectivity index is 2.32. The number of hydrogen-bond acceptors (Lipinski definition) is 6. The van der Waals surface area contributed by atoms with Gasteiger partial charge in [0.1, 0.15) is 29.0 Å². The quantitative estimate of drug-likeness (QED) is 0.360. The Labute approximate surface area is 192 Å². The second-order valence-corrected chi connectivity index (χ2v) is 10.3. The first-order valence-electron chi connectivity index (χ1n) is 8.76. The van der Waals surface area contributed by atoms with Crippen molar-refractivity contribution in [1.82, 2.24) is 9.78 Å². The van der Waals surface area contributed by atoms with E-state index in [1.807, 2.05) is 0 Å². The van der Waals surface area contributed by atoms with Crippen molar-refractivity contribution < 1.29 is 38.9 Å². The Morgan fingerprint density at radius 2 is 1.82 bits per heavy atom. The number of nitriles is 1. The third kappa shape index (κ3) is 4.53. The third-order valence-electron chi connectivity index (χ3n) is 4.85. The molecule has 0 unspecified atom stereocenters. The molecule has 1 saturated carbocycles. The van der Waals surface area contributed by atoms with Crippen LogP contribution in [0.2, 0.25) is 10.0 Å². The zero-order chi connectivity index (χ0) is 25.0. The van der Waals surface area contributed by atoms with Crippen LogP contribution >= 0.6 is 33.4 Å². The fraction of sp³-hybridized carbons (Fsp3) is 0.294. The lowest BCUT2D eigenvalue weighted by atomic mass is 9.95. The molecule has 0 radical (unpaired) electrons. The van der Waals surface area contributed by atoms with E-state index in [1.54, 1.807) is 6.07 Å². The van der Waals surface area contributed by atoms with Crippen molar-refractivity contribution in [3.63, 3.8) is 0 Å². The summed E-state index contributed by atoms with van der Waals surface area (Å²) in [7, 11) is -9.05. The standard InChI is InChI=1S/C17H13Cl2F5N4O4S/c1-32-16(31)17(2-3-17)13-11(6-25)27-28(15(13)26-7-12(29)30)14-9(18)4-8(5-10(14)19)33(20,21,22,23)24/h4-5,26H,2-3,7H2,1H3,(H,29,30). The monoisotopic (exact) mass is 534 g/mol. The molecule has 16 heteroatoms. The van der Waals surface area contributed by atoms with Crippen molar-refractivity contribution in [2.75, 3.05) is 19.0 Å². The van der Waals surface area contributed by atoms with Crippen LogP contribution < -0.4 is 5.32 Å². The fourth-order valence-corrected chi connectivity index (χ4v) is 4.74. The predicted molar refractivity (Wildman–Crippen MR) is 109 cm³/mol. The number of aromatic nitrogens is 2. The van der Waals surface area contributed by atoms with Crippen LogP contribution in [0.4, 0.5) is 25.2 Å². The molecular weight excluding hydrogens is 522 g/mol. The molecule has 0 atom stereocenters. The molecule has 1 fully saturated rings. The van der Waals surface area contributed by atoms with E-state index >= 15 is 0 Å². The number of rotatable bonds is 7. The molecule has 0 bridgehead atoms. The van der Waals surface area contributed by atoms with E-state index in [1.165, 1.54) is 0 Å². The number of halogens is 7. The first-order chi connectivity index (χ1) is 14.9. The van der Waals surface area contributed by atoms with Crippen molar-refractivity contribution in [3.05, 3.63) is 33.4 Å². The summed E-state index contributed by atoms with van der Waals surface area (Å²) in [6.45, 7) is -0.764. The van der Waals surface area contributed by atoms with Crippen molar-refractivity contribution in [3.8, 4) is 11.8 Å². The van der Waals surface area contributed by atoms with Gasteiger partial charge in [0.2, 0.25) is 0 Å². The van der Waals surface area contributed by atoms with Gasteiger partial charge in [-0.05, 0) is 25.0 Å². The number of carboxylic acid groups (broad SMARTS) is 1. The average molecular weight is 535 g/mol. The van der Waals surface area contributed by atoms with Crippen LogP contribution in [0.15, 0.2) is 17.0 Å². The minimum absolute atomic E-state index is 0.0497. The molecule has 33 heavy (non-hydrogen) atoms. The lowest BCUT2D eigenvalue weighted by Crippen LogP contribution is -2.25. The first kappa shape index (κ1) is 24.9. The molecule has 2 aromatic rings. The molecule has 180 valence electrons. The molecule has 1 aromatic heterocycles. The van der Waals surface area contributed by atoms with Gasteiger partial charge in [-0.1, -0.05) is 42.6 Å². The number of benzene rings is 1. The smallest absolute Gasteiger partial charge is 0.322 e. The Morgan fingerprint density at radius 1 is 1.27 bits per heavy atom. The van der Waals surface area contributed by atoms with Crippen LogP contribution in [0, 0.1) is 11.3 Å². The van der Waals surface area contributed by atoms with Crippen LogP contribution in [-0.4, -0.2) is 40.5 Å². The summed E-state index contributed by atoms with van der Waals surface area (Å²) in [5, 5.41) is 23.1. The van der Waals surface area contributed by atoms with E-state index in [9.17, 15) is 34.3 Å². The maximum Gasteiger partial charge on any atom is 0.322 e. The van der Waals surface area contributed by atoms with Crippen molar-refractivity contribution in [1.29, 1.82) is 5.26 Å². The summed E-state index contributed by atoms with van der Waals surface area (Å²) in [6.07, 6.45) is 0.402. The summed E-state index contributed by atoms with van der Waals surface area (Å²) >= 11 is 11.8. The van der Waals surface area contributed by atoms with Gasteiger partial charge >= 0.3 is 22.2 Å². The van der Waals surface area contributed by atoms with E-state index in [-0.39, 0.29) is 36.4 Å². The molecule has 1 aliphatic carbocycles. The van der Waals surface area contributed by atoms with Gasteiger partial charge in [-0.15, -0.1) is 0 Å². The number of aliphatic carboxylic acids is 1. The minimum Gasteiger partial charge on any atom is -0.480 e. The topological polar surface area (TPSA) is 117 Å². The number of anilines is 1. The molecule has 0 spiro atoms. The Hall–Kier alpha value is -2.76. The van der Waals surface area contributed by atoms with Gasteiger partial charge in [-0.25, -0.2) is 4.68 Å². The second-order valence-electron chi connectivity index (χ2n) is 7.12. The van der Waals surface area contributed by atoms with Gasteiger partial charge in [0.15, 0.2) is 5.69 Å². The van der Waals surface area contributed by atoms with E-state index < -0.39 is 60.4 Å². The zero-order valence-corrected chi connectivity index (χ0v) is 18.7. The van der Waals surface area contributed by atoms with Crippen LogP contribution in [0.1, 0.15) is 24.1 Å². The highest BCUT2D eigenvalue weighted by Gasteiger charge is 2.65. The van der Waals surface area contributed by atoms with Crippen molar-refractivity contribution in [2.45, 2.75) is 23.2 Å². The maximum absolute atomic E-state index is 13.2. The normalized spacial score (nSPS) is 16.8. The molecule has 8 nitrogen and oxygen atoms in total. The molecule has 2 N–H and O–H groups in total. The molecule has 3 rings (SSSR count). The highest BCUT2D eigenvalue weighted by atomic mass is 35.5. The summed E-state index contributed by atoms with van der Waals surface area (Å²) in [5.41, 5.74) is -2.39. The van der Waals surface area contributed by atoms with Gasteiger partial charge < -0.3 is 15.2 Å². The van der Waals surface area contributed by atoms with E-state index in [4.69, 9.17) is 33.0 Å². The molecule has 1 aromatic carbocycles. The van der Waals surface area contributed by atoms with E-state index in [0.29, 0.717) is 4.68 Å². The summed E-state index contributed by atoms with van der Waals surface area (Å²) in [6, 6.07) is 1.62. The van der Waals surface area contributed by atoms with Crippen LogP contribution in [0.25, 0.3) is 5.69 Å². The number of nitrogens with zero attached hydrogens (tertiary/aromatic N) is 3. The Kier molecular flexibility index (Phi) is 5.36. The number of ether oxygens (including phenoxy) is 1. The number of methoxy groups -OCH3 is 1. The van der Waals surface area contributed by atoms with E-state index in [2.05, 4.69) is 10.4 Å². The van der Waals surface area contributed by atoms with Gasteiger partial charge in [0, 0.05) is 0 Å². The van der Waals surface area contributed by atoms with E-state index in [0.717, 1.165) is 7.11 Å². The molecular formula is C17H13Cl2F5N4O4S. The molecule has 1 aliphatic rings. The number of carboxylic acids is 1. The summed E-state index contributed by atoms with van der Waals surface area (Å²) in [5.74, 6) is -2.42. The largest absolute Gasteiger partial charge is 0.480 e. The SMILES string of the molecule is COC(=O)C1(c2c(C#N)nn(-c3c(Cl)cc(S(F)(F)(F)(F)F)cc3Cl)c2NCC(=O)O)CC1. The van der Waals surface area contributed by atoms with Gasteiger partial charge in [0.25, 0.3) is 0 Å². The summed E-state index contributed by atoms with van der Waals surface area (Å²) in [4.78, 5) is 21.2. The highest BCUT2D eigenvalue weighted by molar-refractivity contribution is 8.45. The lowest BCUT2D eigenvalue weighted by Gasteiger charge is -2.40. The summed E-state index contributed by atoms with van der Waals surface area (Å²) < 4.78 is 71.6. The minimum atomic E-state index is -10.1. The Morgan fingerprint density at radius 3 is 2.21 bits per heavy atom. The van der Waals surface area contributed by atoms with Gasteiger partial charge in [0.05, 0.1) is 28.1 Å². The number of carbonyl (C=O) groups is 2. The maximum atomic E-state index is 13.2. The molecule has 0 aliphatic heterocycles. The van der Waals surface area contributed by atoms with Crippen LogP contribution in [0.3, 0.4) is 0 Å². The fourth-order valence-electron chi connectivity index (χ4n) is 3.28. The predicted octanol–water partition coefficient (Wildman–Crippen LogP) is 5.41. The van der Waals surface area contributed by atoms with Crippen LogP contribution in [0.5, 0.6) is 0 Å². The zero-order valence-electron chi connectivity index (χ0n) is 16.3. The van der Waals surface area contributed by atoms with Crippen molar-refractivity contribution in [2.24, 2.45) is 0 Å². The van der Waals surface area contributed by atoms with Crippen LogP contribution in [-0.2, 0) is 19.7 Å². The molecule has 0 amide bonds. The van der Waals surface area contributed by atoms with Crippen molar-refractivity contribution >= 4 is 51.2 Å². The number of carbonyl (C=O) groups excluding carboxylic acids is 1. The highest BCUT2D eigenvalue weighted by Crippen LogP contribution is 3.02. The molecule has 1 heterocycles. The van der Waals surface area contributed by atoms with Gasteiger partial charge in [-0.2, -0.15) is 10.4 Å². The number of hydrogen-bond donors (Lipinski definition) is 2. The second kappa shape index (κ2) is 7.12. The Bertz CT molecular complexity index is 1220. The average Bonchev–Trinajstić information content (AvgIpc) is 3.39. The number of nitrogens with one attached hydrogen (secondary N) is 1. The number of esters is 1.